The number of hydrogen-bond donors (Lipinski definition) is 29. The van der Waals surface area contributed by atoms with E-state index in [9.17, 15) is 156 Å². The van der Waals surface area contributed by atoms with Crippen LogP contribution in [0.15, 0.2) is 128 Å². The molecule has 53 nitrogen and oxygen atoms in total. The van der Waals surface area contributed by atoms with Crippen molar-refractivity contribution in [3.05, 3.63) is 156 Å². The quantitative estimate of drug-likeness (QED) is 0.0161. The molecule has 0 spiro atoms. The summed E-state index contributed by atoms with van der Waals surface area (Å²) in [4.78, 5) is 331. The number of hydrogen-bond acceptors (Lipinski definition) is 30. The Morgan fingerprint density at radius 3 is 1.22 bits per heavy atom. The second-order valence-electron chi connectivity index (χ2n) is 34.3. The highest BCUT2D eigenvalue weighted by Gasteiger charge is 2.44. The maximum absolute atomic E-state index is 14.8. The van der Waals surface area contributed by atoms with E-state index in [1.165, 1.54) is 50.6 Å². The van der Waals surface area contributed by atoms with Crippen molar-refractivity contribution in [2.45, 2.75) is 220 Å². The molecule has 0 saturated carbocycles. The zero-order valence-corrected chi connectivity index (χ0v) is 81.3. The number of thiol groups is 2. The number of primary amides is 1. The summed E-state index contributed by atoms with van der Waals surface area (Å²) < 4.78 is 0. The van der Waals surface area contributed by atoms with Gasteiger partial charge in [-0.2, -0.15) is 25.3 Å². The summed E-state index contributed by atoms with van der Waals surface area (Å²) in [5, 5.41) is 117. The SMILES string of the molecule is CC(C)[C@H](NC(=O)CNC(=O)[C@H](CCC(=O)O)NC(=O)[C@H](CS)NC(=O)[C@H](Cc1ccc(O)cc1)NC(=O)[C@H](CC(=O)O)NC(=O)[C@@H](N)Cc1ccccc1)C(=O)N[C@@H](CCC(=O)O)C(=O)N[C@@H](CC(=O)O)C(=O)N1CCC[C@H]1C(=O)N[C@@H](Cc1ccccc1)C(=O)N[C@H](C(=O)N[C@@H](Cc1ccccc1)C(=O)NCC(=O)N[C@@H](CS)C(=O)N[C@@H](CC(=O)O)C(=O)N[C@@H](CC(N)=O)C(=O)N[C@@H](Cc1cnc[nH]1)C(=O)O)[C@@H](C)O. The number of phenols is 1. The van der Waals surface area contributed by atoms with E-state index in [-0.39, 0.29) is 62.1 Å². The molecule has 5 aromatic rings. The number of aliphatic hydroxyl groups excluding tert-OH is 1. The van der Waals surface area contributed by atoms with Crippen molar-refractivity contribution in [2.75, 3.05) is 31.1 Å². The highest BCUT2D eigenvalue weighted by molar-refractivity contribution is 7.80. The van der Waals surface area contributed by atoms with E-state index in [1.807, 2.05) is 0 Å². The van der Waals surface area contributed by atoms with E-state index in [1.54, 1.807) is 91.0 Å². The Kier molecular flexibility index (Phi) is 48.6. The summed E-state index contributed by atoms with van der Waals surface area (Å²) in [5.41, 5.74) is 13.4. The molecule has 18 amide bonds. The predicted molar refractivity (Wildman–Crippen MR) is 516 cm³/mol. The molecule has 0 aliphatic carbocycles. The first-order valence-corrected chi connectivity index (χ1v) is 47.0. The number of amides is 18. The van der Waals surface area contributed by atoms with E-state index < -0.39 is 333 Å². The zero-order valence-electron chi connectivity index (χ0n) is 79.5. The fourth-order valence-corrected chi connectivity index (χ4v) is 15.2. The fraction of sp³-hybridized carbons (Fsp3) is 0.446. The van der Waals surface area contributed by atoms with Crippen LogP contribution in [0.4, 0.5) is 0 Å². The molecule has 1 fully saturated rings. The third kappa shape index (κ3) is 41.2. The number of imidazole rings is 1. The molecule has 1 aromatic heterocycles. The molecule has 0 bridgehead atoms. The van der Waals surface area contributed by atoms with Gasteiger partial charge in [0, 0.05) is 68.5 Å². The summed E-state index contributed by atoms with van der Waals surface area (Å²) in [6.45, 7) is 1.53. The topological polar surface area (TPSA) is 848 Å². The van der Waals surface area contributed by atoms with Crippen LogP contribution in [0.5, 0.6) is 5.75 Å². The third-order valence-electron chi connectivity index (χ3n) is 22.3. The minimum Gasteiger partial charge on any atom is -0.508 e. The van der Waals surface area contributed by atoms with E-state index >= 15 is 0 Å². The summed E-state index contributed by atoms with van der Waals surface area (Å²) in [6.07, 6.45) is -8.50. The first kappa shape index (κ1) is 119. The van der Waals surface area contributed by atoms with E-state index in [4.69, 9.17) is 11.5 Å². The lowest BCUT2D eigenvalue weighted by atomic mass is 10.0. The van der Waals surface area contributed by atoms with Crippen molar-refractivity contribution in [2.24, 2.45) is 17.4 Å². The molecule has 17 atom stereocenters. The number of carboxylic acid groups (broad SMARTS) is 6. The summed E-state index contributed by atoms with van der Waals surface area (Å²) >= 11 is 8.27. The van der Waals surface area contributed by atoms with E-state index in [2.05, 4.69) is 120 Å². The Hall–Kier alpha value is -16.2. The molecule has 1 aliphatic heterocycles. The number of nitrogens with zero attached hydrogens (tertiary/aromatic N) is 2. The Morgan fingerprint density at radius 2 is 0.762 bits per heavy atom. The van der Waals surface area contributed by atoms with Gasteiger partial charge >= 0.3 is 35.8 Å². The average molecular weight is 2100 g/mol. The van der Waals surface area contributed by atoms with E-state index in [0.29, 0.717) is 16.7 Å². The largest absolute Gasteiger partial charge is 0.508 e. The molecular weight excluding hydrogens is 1980 g/mol. The number of aromatic amines is 1. The second-order valence-corrected chi connectivity index (χ2v) is 35.0. The lowest BCUT2D eigenvalue weighted by molar-refractivity contribution is -0.146. The van der Waals surface area contributed by atoms with E-state index in [0.717, 1.165) is 11.8 Å². The Morgan fingerprint density at radius 1 is 0.395 bits per heavy atom. The molecule has 6 rings (SSSR count). The first-order valence-electron chi connectivity index (χ1n) is 45.7. The number of carbonyl (C=O) groups is 24. The number of nitrogens with two attached hydrogens (primary N) is 2. The number of aromatic nitrogens is 2. The molecule has 1 aliphatic rings. The zero-order chi connectivity index (χ0) is 109. The van der Waals surface area contributed by atoms with Gasteiger partial charge in [0.15, 0.2) is 0 Å². The minimum absolute atomic E-state index is 0.0248. The highest BCUT2D eigenvalue weighted by atomic mass is 32.1. The number of benzene rings is 4. The smallest absolute Gasteiger partial charge is 0.326 e. The second kappa shape index (κ2) is 59.8. The summed E-state index contributed by atoms with van der Waals surface area (Å²) in [6, 6.07) is 0.788. The van der Waals surface area contributed by atoms with Crippen LogP contribution in [0.2, 0.25) is 0 Å². The van der Waals surface area contributed by atoms with Crippen LogP contribution in [-0.2, 0) is 147 Å². The van der Waals surface area contributed by atoms with Gasteiger partial charge in [0.25, 0.3) is 0 Å². The minimum atomic E-state index is -2.12. The lowest BCUT2D eigenvalue weighted by Gasteiger charge is -2.31. The average Bonchev–Trinajstić information content (AvgIpc) is 1.69. The Labute approximate surface area is 849 Å². The van der Waals surface area contributed by atoms with Gasteiger partial charge in [0.05, 0.1) is 57.2 Å². The van der Waals surface area contributed by atoms with Crippen LogP contribution < -0.4 is 96.5 Å². The third-order valence-corrected chi connectivity index (χ3v) is 23.1. The number of phenolic OH excluding ortho intramolecular Hbond substituents is 1. The number of aromatic hydroxyl groups is 1. The van der Waals surface area contributed by atoms with Crippen LogP contribution in [0.3, 0.4) is 0 Å². The van der Waals surface area contributed by atoms with Gasteiger partial charge in [-0.1, -0.05) is 117 Å². The Bertz CT molecular complexity index is 5500. The molecule has 147 heavy (non-hydrogen) atoms. The van der Waals surface area contributed by atoms with Crippen LogP contribution in [0.25, 0.3) is 0 Å². The number of rotatable bonds is 62. The molecular formula is C92H119N21O32S2. The van der Waals surface area contributed by atoms with Gasteiger partial charge in [0.1, 0.15) is 96.4 Å². The highest BCUT2D eigenvalue weighted by Crippen LogP contribution is 2.22. The number of carbonyl (C=O) groups excluding carboxylic acids is 18. The molecule has 0 unspecified atom stereocenters. The van der Waals surface area contributed by atoms with Gasteiger partial charge in [-0.05, 0) is 79.3 Å². The number of carboxylic acids is 6. The maximum Gasteiger partial charge on any atom is 0.326 e. The molecule has 1 saturated heterocycles. The van der Waals surface area contributed by atoms with Crippen LogP contribution in [-0.4, -0.2) is 332 Å². The number of likely N-dealkylation sites (tertiary alicyclic amines) is 1. The van der Waals surface area contributed by atoms with Gasteiger partial charge in [-0.3, -0.25) is 110 Å². The molecule has 2 heterocycles. The Balaban J connectivity index is 1.12. The van der Waals surface area contributed by atoms with Crippen molar-refractivity contribution < 1.29 is 156 Å². The van der Waals surface area contributed by atoms with Gasteiger partial charge in [0.2, 0.25) is 106 Å². The predicted octanol–water partition coefficient (Wildman–Crippen LogP) is -8.02. The van der Waals surface area contributed by atoms with Crippen LogP contribution in [0, 0.1) is 5.92 Å². The van der Waals surface area contributed by atoms with Gasteiger partial charge in [-0.25, -0.2) is 9.78 Å². The van der Waals surface area contributed by atoms with Crippen molar-refractivity contribution in [3.8, 4) is 5.75 Å². The number of aliphatic hydroxyl groups is 1. The molecule has 0 radical (unpaired) electrons. The van der Waals surface area contributed by atoms with Gasteiger partial charge in [-0.15, -0.1) is 0 Å². The van der Waals surface area contributed by atoms with Crippen molar-refractivity contribution in [1.82, 2.24) is 99.9 Å². The number of H-pyrrole nitrogens is 1. The number of nitrogens with one attached hydrogen (secondary N) is 17. The monoisotopic (exact) mass is 2090 g/mol. The molecule has 55 heteroatoms. The normalized spacial score (nSPS) is 15.3. The molecule has 4 aromatic carbocycles. The standard InChI is InChI=1S/C92H119N21O32S2/c1-45(2)75(111-69(118)41-96-78(130)54(25-27-70(119)120)100-87(139)65(43-147)110-81(133)57(33-50-21-23-52(115)24-22-50)103-83(135)60(36-72(123)124)102-77(129)53(93)30-47-14-7-4-8-15-47)89(141)101-55(26-28-71(121)122)80(132)108-62(38-74(127)128)91(143)113-29-13-20-66(113)88(140)106-58(32-49-18-11-6-12-19-49)85(137)112-76(46(3)114)90(142)107-56(31-48-16-9-5-10-17-48)79(131)97-40-68(117)99-64(42-146)86(138)105-61(37-73(125)126)84(136)104-59(35-67(94)116)82(134)109-63(92(144)145)34-51-39-95-44-98-51/h4-12,14-19,21-24,39,44-46,53-66,75-76,114-115,146-147H,13,20,25-38,40-43,93H2,1-3H3,(H2,94,116)(H,95,98)(H,96,130)(H,97,131)(H,99,117)(H,100,139)(H,101,141)(H,102,129)(H,103,135)(H,104,136)(H,105,138)(H,106,140)(H,107,142)(H,108,132)(H,109,134)(H,110,133)(H,111,118)(H,112,137)(H,119,120)(H,121,122)(H,123,124)(H,125,126)(H,127,128)(H,144,145)/t46-,53+,54+,55+,56+,57+,58+,59+,60+,61+,62+,63+,64+,65+,66+,75+,76+/m1/s1. The van der Waals surface area contributed by atoms with Crippen LogP contribution >= 0.6 is 25.3 Å². The summed E-state index contributed by atoms with van der Waals surface area (Å²) in [7, 11) is 0. The maximum atomic E-state index is 14.8. The molecule has 29 N–H and O–H groups in total. The van der Waals surface area contributed by atoms with Crippen LogP contribution in [0.1, 0.15) is 113 Å². The van der Waals surface area contributed by atoms with Gasteiger partial charge < -0.3 is 147 Å². The van der Waals surface area contributed by atoms with Crippen molar-refractivity contribution >= 4 is 167 Å². The van der Waals surface area contributed by atoms with Crippen molar-refractivity contribution in [1.29, 1.82) is 0 Å². The number of aliphatic carboxylic acids is 6. The van der Waals surface area contributed by atoms with Crippen molar-refractivity contribution in [3.63, 3.8) is 0 Å². The molecule has 796 valence electrons. The first-order chi connectivity index (χ1) is 69.5. The summed E-state index contributed by atoms with van der Waals surface area (Å²) in [5.74, 6) is -33.3. The fourth-order valence-electron chi connectivity index (χ4n) is 14.7. The lowest BCUT2D eigenvalue weighted by Crippen LogP contribution is -2.62.